The van der Waals surface area contributed by atoms with Crippen molar-refractivity contribution in [2.24, 2.45) is 5.41 Å². The zero-order valence-electron chi connectivity index (χ0n) is 8.60. The van der Waals surface area contributed by atoms with Gasteiger partial charge in [-0.05, 0) is 0 Å². The number of rotatable bonds is 2. The summed E-state index contributed by atoms with van der Waals surface area (Å²) in [4.78, 5) is 21.5. The van der Waals surface area contributed by atoms with E-state index in [1.54, 1.807) is 0 Å². The largest absolute Gasteiger partial charge is 0.479 e. The zero-order chi connectivity index (χ0) is 11.6. The second kappa shape index (κ2) is 4.16. The number of hydrogen-bond donors (Lipinski definition) is 2. The molecule has 2 atom stereocenters. The van der Waals surface area contributed by atoms with Crippen LogP contribution in [0.5, 0.6) is 0 Å². The maximum atomic E-state index is 10.8. The number of hydrogen-bond acceptors (Lipinski definition) is 4. The van der Waals surface area contributed by atoms with Gasteiger partial charge >= 0.3 is 11.9 Å². The molecule has 2 unspecified atom stereocenters. The molecule has 1 aliphatic rings. The lowest BCUT2D eigenvalue weighted by molar-refractivity contribution is -0.171. The second-order valence-electron chi connectivity index (χ2n) is 4.30. The summed E-state index contributed by atoms with van der Waals surface area (Å²) in [6.45, 7) is 3.95. The fourth-order valence-electron chi connectivity index (χ4n) is 1.25. The van der Waals surface area contributed by atoms with Crippen LogP contribution in [0.1, 0.15) is 13.8 Å². The molecule has 0 aromatic heterocycles. The molecule has 6 nitrogen and oxygen atoms in total. The first kappa shape index (κ1) is 11.9. The molecule has 0 bridgehead atoms. The molecule has 0 radical (unpaired) electrons. The summed E-state index contributed by atoms with van der Waals surface area (Å²) in [5.41, 5.74) is -0.377. The van der Waals surface area contributed by atoms with Gasteiger partial charge in [0.15, 0.2) is 12.2 Å². The van der Waals surface area contributed by atoms with Crippen molar-refractivity contribution in [1.29, 1.82) is 0 Å². The Hall–Kier alpha value is -1.14. The summed E-state index contributed by atoms with van der Waals surface area (Å²) in [6, 6.07) is 0. The Balaban J connectivity index is 2.83. The average Bonchev–Trinajstić information content (AvgIpc) is 2.23. The van der Waals surface area contributed by atoms with Gasteiger partial charge in [-0.15, -0.1) is 0 Å². The van der Waals surface area contributed by atoms with E-state index in [4.69, 9.17) is 19.7 Å². The van der Waals surface area contributed by atoms with Crippen LogP contribution in [0, 0.1) is 5.41 Å². The van der Waals surface area contributed by atoms with E-state index in [1.807, 2.05) is 13.8 Å². The van der Waals surface area contributed by atoms with Crippen molar-refractivity contribution in [1.82, 2.24) is 0 Å². The van der Waals surface area contributed by atoms with Crippen LogP contribution in [0.4, 0.5) is 0 Å². The standard InChI is InChI=1S/C9H14O6/c1-9(2)3-14-5(7(10)11)6(8(12)13)15-4-9/h5-6H,3-4H2,1-2H3,(H,10,11)(H,12,13). The predicted molar refractivity (Wildman–Crippen MR) is 48.5 cm³/mol. The van der Waals surface area contributed by atoms with Crippen molar-refractivity contribution >= 4 is 11.9 Å². The van der Waals surface area contributed by atoms with Crippen molar-refractivity contribution in [3.8, 4) is 0 Å². The summed E-state index contributed by atoms with van der Waals surface area (Å²) in [6.07, 6.45) is -2.88. The van der Waals surface area contributed by atoms with E-state index >= 15 is 0 Å². The highest BCUT2D eigenvalue weighted by Crippen LogP contribution is 2.23. The van der Waals surface area contributed by atoms with Crippen LogP contribution in [0.3, 0.4) is 0 Å². The fourth-order valence-corrected chi connectivity index (χ4v) is 1.25. The number of carboxylic acids is 2. The first-order valence-corrected chi connectivity index (χ1v) is 4.52. The topological polar surface area (TPSA) is 93.1 Å². The van der Waals surface area contributed by atoms with Gasteiger partial charge in [-0.3, -0.25) is 0 Å². The Morgan fingerprint density at radius 1 is 1.07 bits per heavy atom. The molecule has 0 amide bonds. The zero-order valence-corrected chi connectivity index (χ0v) is 8.60. The molecule has 1 fully saturated rings. The van der Waals surface area contributed by atoms with Gasteiger partial charge in [-0.1, -0.05) is 13.8 Å². The third-order valence-electron chi connectivity index (χ3n) is 2.07. The smallest absolute Gasteiger partial charge is 0.336 e. The molecule has 0 saturated carbocycles. The lowest BCUT2D eigenvalue weighted by atomic mass is 9.97. The van der Waals surface area contributed by atoms with Gasteiger partial charge < -0.3 is 19.7 Å². The van der Waals surface area contributed by atoms with Gasteiger partial charge in [0.05, 0.1) is 13.2 Å². The van der Waals surface area contributed by atoms with Crippen LogP contribution in [0.15, 0.2) is 0 Å². The van der Waals surface area contributed by atoms with Crippen molar-refractivity contribution < 1.29 is 29.3 Å². The number of aliphatic carboxylic acids is 2. The Morgan fingerprint density at radius 3 is 1.67 bits per heavy atom. The van der Waals surface area contributed by atoms with E-state index in [9.17, 15) is 9.59 Å². The van der Waals surface area contributed by atoms with E-state index in [1.165, 1.54) is 0 Å². The first-order valence-electron chi connectivity index (χ1n) is 4.52. The van der Waals surface area contributed by atoms with E-state index in [-0.39, 0.29) is 18.6 Å². The van der Waals surface area contributed by atoms with Gasteiger partial charge in [-0.2, -0.15) is 0 Å². The van der Waals surface area contributed by atoms with Gasteiger partial charge in [0.2, 0.25) is 0 Å². The molecule has 1 saturated heterocycles. The molecule has 1 aliphatic heterocycles. The summed E-state index contributed by atoms with van der Waals surface area (Å²) in [5.74, 6) is -2.64. The van der Waals surface area contributed by atoms with Crippen LogP contribution in [-0.2, 0) is 19.1 Å². The summed E-state index contributed by atoms with van der Waals surface area (Å²) >= 11 is 0. The van der Waals surface area contributed by atoms with Gasteiger partial charge in [0.25, 0.3) is 0 Å². The summed E-state index contributed by atoms with van der Waals surface area (Å²) in [7, 11) is 0. The molecule has 2 N–H and O–H groups in total. The van der Waals surface area contributed by atoms with Crippen molar-refractivity contribution in [2.45, 2.75) is 26.1 Å². The van der Waals surface area contributed by atoms with Crippen LogP contribution >= 0.6 is 0 Å². The fraction of sp³-hybridized carbons (Fsp3) is 0.778. The lowest BCUT2D eigenvalue weighted by Gasteiger charge is -2.19. The number of carboxylic acid groups (broad SMARTS) is 2. The molecule has 6 heteroatoms. The Bertz CT molecular complexity index is 246. The minimum atomic E-state index is -1.44. The molecule has 86 valence electrons. The van der Waals surface area contributed by atoms with E-state index in [2.05, 4.69) is 0 Å². The van der Waals surface area contributed by atoms with E-state index in [0.717, 1.165) is 0 Å². The highest BCUT2D eigenvalue weighted by Gasteiger charge is 2.40. The molecule has 15 heavy (non-hydrogen) atoms. The Kier molecular flexibility index (Phi) is 3.31. The highest BCUT2D eigenvalue weighted by atomic mass is 16.6. The van der Waals surface area contributed by atoms with E-state index < -0.39 is 24.1 Å². The average molecular weight is 218 g/mol. The first-order chi connectivity index (χ1) is 6.83. The molecule has 0 aromatic carbocycles. The van der Waals surface area contributed by atoms with Crippen LogP contribution in [0.2, 0.25) is 0 Å². The maximum absolute atomic E-state index is 10.8. The molecular weight excluding hydrogens is 204 g/mol. The molecule has 1 heterocycles. The lowest BCUT2D eigenvalue weighted by Crippen LogP contribution is -2.42. The molecular formula is C9H14O6. The summed E-state index contributed by atoms with van der Waals surface area (Å²) in [5, 5.41) is 17.6. The highest BCUT2D eigenvalue weighted by molar-refractivity contribution is 5.83. The van der Waals surface area contributed by atoms with Crippen molar-refractivity contribution in [2.75, 3.05) is 13.2 Å². The summed E-state index contributed by atoms with van der Waals surface area (Å²) < 4.78 is 10.1. The third kappa shape index (κ3) is 2.90. The van der Waals surface area contributed by atoms with E-state index in [0.29, 0.717) is 0 Å². The molecule has 0 aliphatic carbocycles. The quantitative estimate of drug-likeness (QED) is 0.675. The minimum absolute atomic E-state index is 0.160. The van der Waals surface area contributed by atoms with Gasteiger partial charge in [0.1, 0.15) is 0 Å². The van der Waals surface area contributed by atoms with Crippen LogP contribution in [-0.4, -0.2) is 47.6 Å². The second-order valence-corrected chi connectivity index (χ2v) is 4.30. The number of carbonyl (C=O) groups is 2. The monoisotopic (exact) mass is 218 g/mol. The van der Waals surface area contributed by atoms with Crippen molar-refractivity contribution in [3.05, 3.63) is 0 Å². The van der Waals surface area contributed by atoms with Gasteiger partial charge in [0, 0.05) is 5.41 Å². The Labute approximate surface area is 86.8 Å². The molecule has 0 aromatic rings. The SMILES string of the molecule is CC1(C)COC(C(=O)O)C(C(=O)O)OC1. The third-order valence-corrected chi connectivity index (χ3v) is 2.07. The maximum Gasteiger partial charge on any atom is 0.336 e. The van der Waals surface area contributed by atoms with Crippen LogP contribution < -0.4 is 0 Å². The minimum Gasteiger partial charge on any atom is -0.479 e. The number of ether oxygens (including phenoxy) is 2. The molecule has 0 spiro atoms. The van der Waals surface area contributed by atoms with Crippen molar-refractivity contribution in [3.63, 3.8) is 0 Å². The molecule has 1 rings (SSSR count). The van der Waals surface area contributed by atoms with Crippen LogP contribution in [0.25, 0.3) is 0 Å². The Morgan fingerprint density at radius 2 is 1.40 bits per heavy atom. The normalized spacial score (nSPS) is 30.5. The predicted octanol–water partition coefficient (Wildman–Crippen LogP) is -0.0342. The van der Waals surface area contributed by atoms with Gasteiger partial charge in [-0.25, -0.2) is 9.59 Å².